The largest absolute Gasteiger partial charge is 0.481 e. The van der Waals surface area contributed by atoms with Gasteiger partial charge in [0.15, 0.2) is 5.82 Å². The van der Waals surface area contributed by atoms with E-state index in [0.29, 0.717) is 37.1 Å². The van der Waals surface area contributed by atoms with E-state index < -0.39 is 11.9 Å². The number of hydrogen-bond donors (Lipinski definition) is 1. The van der Waals surface area contributed by atoms with Gasteiger partial charge < -0.3 is 14.4 Å². The fourth-order valence-electron chi connectivity index (χ4n) is 2.55. The smallest absolute Gasteiger partial charge is 0.307 e. The van der Waals surface area contributed by atoms with Crippen LogP contribution < -0.4 is 0 Å². The van der Waals surface area contributed by atoms with Gasteiger partial charge in [0.25, 0.3) is 0 Å². The zero-order valence-corrected chi connectivity index (χ0v) is 10.6. The number of carboxylic acid groups (broad SMARTS) is 1. The van der Waals surface area contributed by atoms with E-state index >= 15 is 0 Å². The van der Waals surface area contributed by atoms with Crippen molar-refractivity contribution in [2.45, 2.75) is 32.1 Å². The van der Waals surface area contributed by atoms with Crippen LogP contribution in [0, 0.1) is 11.8 Å². The third-order valence-corrected chi connectivity index (χ3v) is 3.45. The van der Waals surface area contributed by atoms with Crippen molar-refractivity contribution in [2.75, 3.05) is 13.7 Å². The van der Waals surface area contributed by atoms with Crippen LogP contribution in [0.5, 0.6) is 0 Å². The number of rotatable bonds is 5. The maximum Gasteiger partial charge on any atom is 0.307 e. The van der Waals surface area contributed by atoms with Gasteiger partial charge in [0, 0.05) is 13.5 Å². The van der Waals surface area contributed by atoms with Crippen LogP contribution in [0.4, 0.5) is 0 Å². The van der Waals surface area contributed by atoms with Crippen molar-refractivity contribution < 1.29 is 19.2 Å². The van der Waals surface area contributed by atoms with Gasteiger partial charge in [-0.15, -0.1) is 0 Å². The Morgan fingerprint density at radius 1 is 1.56 bits per heavy atom. The van der Waals surface area contributed by atoms with E-state index in [-0.39, 0.29) is 5.92 Å². The van der Waals surface area contributed by atoms with E-state index in [9.17, 15) is 9.90 Å². The second kappa shape index (κ2) is 5.48. The molecule has 18 heavy (non-hydrogen) atoms. The normalized spacial score (nSPS) is 27.6. The summed E-state index contributed by atoms with van der Waals surface area (Å²) in [5, 5.41) is 13.1. The highest BCUT2D eigenvalue weighted by Gasteiger charge is 2.40. The second-order valence-electron chi connectivity index (χ2n) is 4.92. The molecule has 1 saturated carbocycles. The SMILES string of the molecule is COCCc1noc(C2CC(C)CC2C(=O)O)n1. The monoisotopic (exact) mass is 254 g/mol. The number of hydrogen-bond acceptors (Lipinski definition) is 5. The highest BCUT2D eigenvalue weighted by molar-refractivity contribution is 5.71. The number of carboxylic acids is 1. The van der Waals surface area contributed by atoms with Crippen molar-refractivity contribution in [1.29, 1.82) is 0 Å². The maximum absolute atomic E-state index is 11.2. The lowest BCUT2D eigenvalue weighted by atomic mass is 9.96. The summed E-state index contributed by atoms with van der Waals surface area (Å²) in [7, 11) is 1.61. The molecule has 1 heterocycles. The van der Waals surface area contributed by atoms with Crippen LogP contribution in [0.3, 0.4) is 0 Å². The van der Waals surface area contributed by atoms with Crippen LogP contribution in [-0.4, -0.2) is 34.9 Å². The fourth-order valence-corrected chi connectivity index (χ4v) is 2.55. The van der Waals surface area contributed by atoms with Crippen LogP contribution in [0.1, 0.15) is 37.4 Å². The Kier molecular flexibility index (Phi) is 3.96. The summed E-state index contributed by atoms with van der Waals surface area (Å²) in [6, 6.07) is 0. The molecule has 2 rings (SSSR count). The second-order valence-corrected chi connectivity index (χ2v) is 4.92. The van der Waals surface area contributed by atoms with Gasteiger partial charge in [-0.25, -0.2) is 0 Å². The molecule has 1 N–H and O–H groups in total. The van der Waals surface area contributed by atoms with Gasteiger partial charge in [0.05, 0.1) is 18.4 Å². The predicted octanol–water partition coefficient (Wildman–Crippen LogP) is 1.47. The zero-order valence-electron chi connectivity index (χ0n) is 10.6. The van der Waals surface area contributed by atoms with Crippen molar-refractivity contribution in [3.8, 4) is 0 Å². The molecule has 0 aliphatic heterocycles. The van der Waals surface area contributed by atoms with Crippen LogP contribution in [0.2, 0.25) is 0 Å². The van der Waals surface area contributed by atoms with Crippen molar-refractivity contribution in [2.24, 2.45) is 11.8 Å². The van der Waals surface area contributed by atoms with E-state index in [0.717, 1.165) is 6.42 Å². The molecule has 1 aliphatic rings. The van der Waals surface area contributed by atoms with Crippen molar-refractivity contribution in [1.82, 2.24) is 10.1 Å². The molecule has 0 spiro atoms. The zero-order chi connectivity index (χ0) is 13.1. The molecule has 1 aromatic rings. The van der Waals surface area contributed by atoms with Crippen molar-refractivity contribution >= 4 is 5.97 Å². The Balaban J connectivity index is 2.10. The van der Waals surface area contributed by atoms with E-state index in [2.05, 4.69) is 17.1 Å². The summed E-state index contributed by atoms with van der Waals surface area (Å²) in [5.74, 6) is 0.0804. The molecular weight excluding hydrogens is 236 g/mol. The van der Waals surface area contributed by atoms with Gasteiger partial charge in [-0.1, -0.05) is 12.1 Å². The molecule has 6 heteroatoms. The third kappa shape index (κ3) is 2.69. The molecule has 1 aromatic heterocycles. The maximum atomic E-state index is 11.2. The number of aliphatic carboxylic acids is 1. The predicted molar refractivity (Wildman–Crippen MR) is 62.1 cm³/mol. The van der Waals surface area contributed by atoms with Gasteiger partial charge in [-0.3, -0.25) is 4.79 Å². The summed E-state index contributed by atoms with van der Waals surface area (Å²) in [4.78, 5) is 15.5. The molecule has 1 aliphatic carbocycles. The molecule has 1 fully saturated rings. The lowest BCUT2D eigenvalue weighted by Gasteiger charge is -2.09. The lowest BCUT2D eigenvalue weighted by Crippen LogP contribution is -2.17. The summed E-state index contributed by atoms with van der Waals surface area (Å²) >= 11 is 0. The molecule has 6 nitrogen and oxygen atoms in total. The minimum atomic E-state index is -0.777. The highest BCUT2D eigenvalue weighted by atomic mass is 16.5. The molecule has 0 aromatic carbocycles. The Bertz CT molecular complexity index is 418. The van der Waals surface area contributed by atoms with Crippen LogP contribution in [0.25, 0.3) is 0 Å². The average Bonchev–Trinajstić information content (AvgIpc) is 2.92. The number of methoxy groups -OCH3 is 1. The van der Waals surface area contributed by atoms with Crippen LogP contribution >= 0.6 is 0 Å². The number of carbonyl (C=O) groups is 1. The van der Waals surface area contributed by atoms with Gasteiger partial charge in [0.2, 0.25) is 5.89 Å². The van der Waals surface area contributed by atoms with E-state index in [1.54, 1.807) is 7.11 Å². The van der Waals surface area contributed by atoms with Crippen LogP contribution in [0.15, 0.2) is 4.52 Å². The van der Waals surface area contributed by atoms with Gasteiger partial charge in [-0.2, -0.15) is 4.98 Å². The van der Waals surface area contributed by atoms with Gasteiger partial charge in [0.1, 0.15) is 0 Å². The van der Waals surface area contributed by atoms with E-state index in [1.165, 1.54) is 0 Å². The molecule has 100 valence electrons. The molecule has 3 atom stereocenters. The number of nitrogens with zero attached hydrogens (tertiary/aromatic N) is 2. The molecule has 0 saturated heterocycles. The van der Waals surface area contributed by atoms with E-state index in [4.69, 9.17) is 9.26 Å². The summed E-state index contributed by atoms with van der Waals surface area (Å²) in [6.07, 6.45) is 2.05. The van der Waals surface area contributed by atoms with Crippen LogP contribution in [-0.2, 0) is 16.0 Å². The first-order valence-electron chi connectivity index (χ1n) is 6.16. The Morgan fingerprint density at radius 2 is 2.33 bits per heavy atom. The minimum absolute atomic E-state index is 0.152. The fraction of sp³-hybridized carbons (Fsp3) is 0.750. The van der Waals surface area contributed by atoms with Gasteiger partial charge >= 0.3 is 5.97 Å². The molecule has 0 amide bonds. The first kappa shape index (κ1) is 13.0. The number of aromatic nitrogens is 2. The summed E-state index contributed by atoms with van der Waals surface area (Å²) in [6.45, 7) is 2.58. The Hall–Kier alpha value is -1.43. The molecule has 0 radical (unpaired) electrons. The standard InChI is InChI=1S/C12H18N2O4/c1-7-5-8(9(6-7)12(15)16)11-13-10(14-18-11)3-4-17-2/h7-9H,3-6H2,1-2H3,(H,15,16). The quantitative estimate of drug-likeness (QED) is 0.856. The molecular formula is C12H18N2O4. The lowest BCUT2D eigenvalue weighted by molar-refractivity contribution is -0.142. The highest BCUT2D eigenvalue weighted by Crippen LogP contribution is 2.42. The van der Waals surface area contributed by atoms with Gasteiger partial charge in [-0.05, 0) is 18.8 Å². The molecule has 0 bridgehead atoms. The topological polar surface area (TPSA) is 85.5 Å². The average molecular weight is 254 g/mol. The van der Waals surface area contributed by atoms with Crippen molar-refractivity contribution in [3.63, 3.8) is 0 Å². The summed E-state index contributed by atoms with van der Waals surface area (Å²) in [5.41, 5.74) is 0. The Labute approximate surface area is 105 Å². The molecule has 3 unspecified atom stereocenters. The van der Waals surface area contributed by atoms with Crippen molar-refractivity contribution in [3.05, 3.63) is 11.7 Å². The Morgan fingerprint density at radius 3 is 3.00 bits per heavy atom. The summed E-state index contributed by atoms with van der Waals surface area (Å²) < 4.78 is 10.1. The first-order valence-corrected chi connectivity index (χ1v) is 6.16. The van der Waals surface area contributed by atoms with E-state index in [1.807, 2.05) is 0 Å². The third-order valence-electron chi connectivity index (χ3n) is 3.45. The number of ether oxygens (including phenoxy) is 1. The minimum Gasteiger partial charge on any atom is -0.481 e. The first-order chi connectivity index (χ1) is 8.61.